The van der Waals surface area contributed by atoms with Gasteiger partial charge in [-0.15, -0.1) is 0 Å². The molecule has 0 radical (unpaired) electrons. The molecule has 0 aliphatic heterocycles. The highest BCUT2D eigenvalue weighted by molar-refractivity contribution is 5.22. The molecule has 2 aromatic heterocycles. The molecule has 2 heteroatoms. The summed E-state index contributed by atoms with van der Waals surface area (Å²) in [4.78, 5) is 8.64. The van der Waals surface area contributed by atoms with Gasteiger partial charge in [0.2, 0.25) is 0 Å². The van der Waals surface area contributed by atoms with Crippen LogP contribution in [0.25, 0.3) is 0 Å². The highest BCUT2D eigenvalue weighted by Gasteiger charge is 2.08. The van der Waals surface area contributed by atoms with Gasteiger partial charge in [-0.3, -0.25) is 9.97 Å². The van der Waals surface area contributed by atoms with Gasteiger partial charge in [0.15, 0.2) is 0 Å². The van der Waals surface area contributed by atoms with Crippen LogP contribution >= 0.6 is 0 Å². The zero-order valence-corrected chi connectivity index (χ0v) is 12.0. The van der Waals surface area contributed by atoms with E-state index in [2.05, 4.69) is 22.1 Å². The predicted octanol–water partition coefficient (Wildman–Crippen LogP) is 4.41. The van der Waals surface area contributed by atoms with E-state index in [9.17, 15) is 0 Å². The van der Waals surface area contributed by atoms with E-state index in [1.165, 1.54) is 73.9 Å². The van der Waals surface area contributed by atoms with Gasteiger partial charge in [0.1, 0.15) is 0 Å². The van der Waals surface area contributed by atoms with Crippen LogP contribution in [-0.2, 0) is 25.7 Å². The molecule has 0 aromatic carbocycles. The first-order chi connectivity index (χ1) is 9.93. The third-order valence-electron chi connectivity index (χ3n) is 4.19. The molecule has 0 amide bonds. The van der Waals surface area contributed by atoms with Gasteiger partial charge in [0.25, 0.3) is 0 Å². The Labute approximate surface area is 124 Å². The zero-order chi connectivity index (χ0) is 13.6. The molecule has 0 N–H and O–H groups in total. The minimum atomic E-state index is 0. The Morgan fingerprint density at radius 1 is 0.650 bits per heavy atom. The van der Waals surface area contributed by atoms with E-state index in [-0.39, 0.29) is 2.85 Å². The van der Waals surface area contributed by atoms with Gasteiger partial charge in [-0.25, -0.2) is 0 Å². The summed E-state index contributed by atoms with van der Waals surface area (Å²) in [5, 5.41) is 0. The highest BCUT2D eigenvalue weighted by Crippen LogP contribution is 2.18. The Hall–Kier alpha value is -1.70. The van der Waals surface area contributed by atoms with E-state index < -0.39 is 0 Å². The zero-order valence-electron chi connectivity index (χ0n) is 12.0. The van der Waals surface area contributed by atoms with Gasteiger partial charge in [0, 0.05) is 26.6 Å². The van der Waals surface area contributed by atoms with Crippen molar-refractivity contribution >= 4 is 0 Å². The van der Waals surface area contributed by atoms with Crippen molar-refractivity contribution in [2.24, 2.45) is 0 Å². The summed E-state index contributed by atoms with van der Waals surface area (Å²) in [6, 6.07) is 8.46. The quantitative estimate of drug-likeness (QED) is 0.708. The molecule has 4 rings (SSSR count). The molecule has 0 saturated carbocycles. The van der Waals surface area contributed by atoms with Crippen molar-refractivity contribution in [2.45, 2.75) is 51.4 Å². The van der Waals surface area contributed by atoms with E-state index in [1.807, 2.05) is 24.5 Å². The molecule has 2 nitrogen and oxygen atoms in total. The van der Waals surface area contributed by atoms with Crippen molar-refractivity contribution in [1.82, 2.24) is 9.97 Å². The number of aromatic nitrogens is 2. The lowest BCUT2D eigenvalue weighted by molar-refractivity contribution is 0.668. The molecule has 2 aliphatic rings. The van der Waals surface area contributed by atoms with E-state index in [4.69, 9.17) is 0 Å². The summed E-state index contributed by atoms with van der Waals surface area (Å²) < 4.78 is 0. The normalized spacial score (nSPS) is 16.4. The number of hydrogen-bond donors (Lipinski definition) is 0. The first-order valence-electron chi connectivity index (χ1n) is 7.79. The molecular weight excluding hydrogens is 244 g/mol. The Kier molecular flexibility index (Phi) is 4.42. The van der Waals surface area contributed by atoms with Crippen molar-refractivity contribution in [2.75, 3.05) is 0 Å². The topological polar surface area (TPSA) is 25.8 Å². The average molecular weight is 270 g/mol. The fourth-order valence-electron chi connectivity index (χ4n) is 3.06. The van der Waals surface area contributed by atoms with Crippen LogP contribution in [0.4, 0.5) is 0 Å². The van der Waals surface area contributed by atoms with E-state index in [1.54, 1.807) is 0 Å². The Morgan fingerprint density at radius 3 is 1.55 bits per heavy atom. The number of fused-ring (bicyclic) bond motifs is 2. The molecule has 2 aromatic rings. The fourth-order valence-corrected chi connectivity index (χ4v) is 3.06. The average Bonchev–Trinajstić information content (AvgIpc) is 2.56. The third kappa shape index (κ3) is 3.24. The predicted molar refractivity (Wildman–Crippen MR) is 86.0 cm³/mol. The van der Waals surface area contributed by atoms with Gasteiger partial charge in [-0.05, 0) is 74.6 Å². The Morgan fingerprint density at radius 2 is 1.10 bits per heavy atom. The molecule has 108 valence electrons. The summed E-state index contributed by atoms with van der Waals surface area (Å²) in [6.45, 7) is 0. The number of nitrogens with zero attached hydrogens (tertiary/aromatic N) is 2. The second kappa shape index (κ2) is 6.65. The fraction of sp³-hybridized carbons (Fsp3) is 0.444. The molecule has 0 spiro atoms. The van der Waals surface area contributed by atoms with Crippen LogP contribution in [0.15, 0.2) is 36.7 Å². The Bertz CT molecular complexity index is 471. The van der Waals surface area contributed by atoms with Gasteiger partial charge < -0.3 is 0 Å². The lowest BCUT2D eigenvalue weighted by Crippen LogP contribution is -2.03. The summed E-state index contributed by atoms with van der Waals surface area (Å²) in [5.74, 6) is 0. The first-order valence-corrected chi connectivity index (χ1v) is 7.79. The molecule has 0 saturated heterocycles. The summed E-state index contributed by atoms with van der Waals surface area (Å²) in [7, 11) is 0. The summed E-state index contributed by atoms with van der Waals surface area (Å²) >= 11 is 0. The van der Waals surface area contributed by atoms with Crippen LogP contribution in [0.3, 0.4) is 0 Å². The number of rotatable bonds is 0. The highest BCUT2D eigenvalue weighted by atomic mass is 14.7. The Balaban J connectivity index is 0.000000202. The number of aryl methyl sites for hydroxylation is 4. The monoisotopic (exact) mass is 270 g/mol. The lowest BCUT2D eigenvalue weighted by atomic mass is 9.96. The van der Waals surface area contributed by atoms with Crippen molar-refractivity contribution in [3.63, 3.8) is 0 Å². The third-order valence-corrected chi connectivity index (χ3v) is 4.19. The number of pyridine rings is 2. The first kappa shape index (κ1) is 13.3. The van der Waals surface area contributed by atoms with Crippen molar-refractivity contribution in [3.05, 3.63) is 59.2 Å². The maximum absolute atomic E-state index is 4.32. The SMILES string of the molecule is [HH].[HH].c1cnc2c(c1)CCCC2.c1cnc2c(c1)CCCC2. The minimum absolute atomic E-state index is 0. The minimum Gasteiger partial charge on any atom is -0.261 e. The van der Waals surface area contributed by atoms with Crippen molar-refractivity contribution in [3.8, 4) is 0 Å². The van der Waals surface area contributed by atoms with Crippen LogP contribution in [0.5, 0.6) is 0 Å². The largest absolute Gasteiger partial charge is 0.261 e. The van der Waals surface area contributed by atoms with E-state index in [0.29, 0.717) is 0 Å². The summed E-state index contributed by atoms with van der Waals surface area (Å²) in [5.41, 5.74) is 5.59. The molecular formula is C18H26N2. The lowest BCUT2D eigenvalue weighted by Gasteiger charge is -2.12. The van der Waals surface area contributed by atoms with Crippen LogP contribution in [0.2, 0.25) is 0 Å². The van der Waals surface area contributed by atoms with Crippen molar-refractivity contribution < 1.29 is 2.85 Å². The molecule has 0 bridgehead atoms. The molecule has 0 unspecified atom stereocenters. The van der Waals surface area contributed by atoms with Crippen LogP contribution in [-0.4, -0.2) is 9.97 Å². The second-order valence-corrected chi connectivity index (χ2v) is 5.63. The van der Waals surface area contributed by atoms with Gasteiger partial charge in [0.05, 0.1) is 0 Å². The molecule has 20 heavy (non-hydrogen) atoms. The second-order valence-electron chi connectivity index (χ2n) is 5.63. The van der Waals surface area contributed by atoms with E-state index >= 15 is 0 Å². The van der Waals surface area contributed by atoms with Gasteiger partial charge >= 0.3 is 0 Å². The van der Waals surface area contributed by atoms with Crippen LogP contribution < -0.4 is 0 Å². The standard InChI is InChI=1S/2C9H11N.2H2/c2*1-2-6-9-8(4-1)5-3-7-10-9;;/h2*3,5,7H,1-2,4,6H2;2*1H. The van der Waals surface area contributed by atoms with Gasteiger partial charge in [-0.2, -0.15) is 0 Å². The van der Waals surface area contributed by atoms with Crippen molar-refractivity contribution in [1.29, 1.82) is 0 Å². The molecule has 2 heterocycles. The van der Waals surface area contributed by atoms with E-state index in [0.717, 1.165) is 0 Å². The summed E-state index contributed by atoms with van der Waals surface area (Å²) in [6.07, 6.45) is 14.0. The molecule has 0 atom stereocenters. The van der Waals surface area contributed by atoms with Crippen LogP contribution in [0, 0.1) is 0 Å². The maximum Gasteiger partial charge on any atom is 0.0435 e. The number of hydrogen-bond acceptors (Lipinski definition) is 2. The molecule has 0 fully saturated rings. The smallest absolute Gasteiger partial charge is 0.0435 e. The van der Waals surface area contributed by atoms with Gasteiger partial charge in [-0.1, -0.05) is 12.1 Å². The maximum atomic E-state index is 4.32. The molecule has 2 aliphatic carbocycles. The van der Waals surface area contributed by atoms with Crippen LogP contribution in [0.1, 0.15) is 51.1 Å².